The van der Waals surface area contributed by atoms with Gasteiger partial charge < -0.3 is 10.1 Å². The first kappa shape index (κ1) is 13.3. The Hall–Kier alpha value is -0.120. The minimum Gasteiger partial charge on any atom is -0.373 e. The van der Waals surface area contributed by atoms with E-state index in [1.807, 2.05) is 0 Å². The fourth-order valence-electron chi connectivity index (χ4n) is 2.75. The van der Waals surface area contributed by atoms with Crippen molar-refractivity contribution in [2.45, 2.75) is 70.7 Å². The predicted octanol–water partition coefficient (Wildman–Crippen LogP) is 2.02. The van der Waals surface area contributed by atoms with Crippen molar-refractivity contribution in [1.82, 2.24) is 10.2 Å². The third-order valence-corrected chi connectivity index (χ3v) is 3.88. The fraction of sp³-hybridized carbons (Fsp3) is 1.00. The van der Waals surface area contributed by atoms with E-state index in [0.717, 1.165) is 19.1 Å². The Morgan fingerprint density at radius 2 is 1.88 bits per heavy atom. The Balaban J connectivity index is 1.61. The summed E-state index contributed by atoms with van der Waals surface area (Å²) in [6, 6.07) is 1.55. The summed E-state index contributed by atoms with van der Waals surface area (Å²) in [6.45, 7) is 10.1. The fourth-order valence-corrected chi connectivity index (χ4v) is 2.75. The molecular formula is C14H28N2O. The van der Waals surface area contributed by atoms with Crippen molar-refractivity contribution in [3.05, 3.63) is 0 Å². The molecule has 0 aromatic carbocycles. The molecule has 1 N–H and O–H groups in total. The van der Waals surface area contributed by atoms with Gasteiger partial charge in [-0.05, 0) is 53.0 Å². The zero-order valence-corrected chi connectivity index (χ0v) is 11.6. The molecule has 3 nitrogen and oxygen atoms in total. The highest BCUT2D eigenvalue weighted by molar-refractivity contribution is 4.81. The zero-order chi connectivity index (χ0) is 12.3. The molecule has 0 amide bonds. The summed E-state index contributed by atoms with van der Waals surface area (Å²) in [5.41, 5.74) is 0. The Morgan fingerprint density at radius 3 is 2.47 bits per heavy atom. The van der Waals surface area contributed by atoms with Gasteiger partial charge >= 0.3 is 0 Å². The molecule has 100 valence electrons. The lowest BCUT2D eigenvalue weighted by atomic mass is 10.1. The lowest BCUT2D eigenvalue weighted by Gasteiger charge is -2.39. The van der Waals surface area contributed by atoms with E-state index in [9.17, 15) is 0 Å². The number of hydrogen-bond acceptors (Lipinski definition) is 3. The molecule has 0 bridgehead atoms. The maximum atomic E-state index is 5.78. The van der Waals surface area contributed by atoms with Gasteiger partial charge in [0.25, 0.3) is 0 Å². The lowest BCUT2D eigenvalue weighted by molar-refractivity contribution is -0.0792. The highest BCUT2D eigenvalue weighted by Crippen LogP contribution is 2.19. The average molecular weight is 240 g/mol. The molecule has 3 heteroatoms. The Labute approximate surface area is 106 Å². The van der Waals surface area contributed by atoms with Crippen LogP contribution in [0.2, 0.25) is 0 Å². The summed E-state index contributed by atoms with van der Waals surface area (Å²) in [7, 11) is 0. The van der Waals surface area contributed by atoms with Crippen LogP contribution in [-0.4, -0.2) is 48.8 Å². The summed E-state index contributed by atoms with van der Waals surface area (Å²) >= 11 is 0. The molecule has 1 saturated heterocycles. The van der Waals surface area contributed by atoms with Crippen LogP contribution in [0.4, 0.5) is 0 Å². The van der Waals surface area contributed by atoms with Gasteiger partial charge in [-0.25, -0.2) is 0 Å². The van der Waals surface area contributed by atoms with Gasteiger partial charge in [0, 0.05) is 25.2 Å². The van der Waals surface area contributed by atoms with E-state index >= 15 is 0 Å². The minimum atomic E-state index is 0.394. The maximum absolute atomic E-state index is 5.78. The number of nitrogens with one attached hydrogen (secondary N) is 1. The monoisotopic (exact) mass is 240 g/mol. The molecule has 0 radical (unpaired) electrons. The van der Waals surface area contributed by atoms with Crippen molar-refractivity contribution < 1.29 is 4.74 Å². The normalized spacial score (nSPS) is 32.6. The summed E-state index contributed by atoms with van der Waals surface area (Å²) in [5, 5.41) is 3.59. The quantitative estimate of drug-likeness (QED) is 0.719. The Kier molecular flexibility index (Phi) is 4.83. The molecule has 3 atom stereocenters. The molecule has 1 heterocycles. The number of ether oxygens (including phenoxy) is 1. The van der Waals surface area contributed by atoms with Gasteiger partial charge in [-0.3, -0.25) is 4.90 Å². The molecule has 0 aromatic heterocycles. The topological polar surface area (TPSA) is 24.5 Å². The van der Waals surface area contributed by atoms with E-state index in [1.54, 1.807) is 0 Å². The molecule has 2 aliphatic rings. The highest BCUT2D eigenvalue weighted by Gasteiger charge is 2.25. The maximum Gasteiger partial charge on any atom is 0.0678 e. The molecule has 2 rings (SSSR count). The number of nitrogens with zero attached hydrogens (tertiary/aromatic N) is 1. The van der Waals surface area contributed by atoms with Crippen molar-refractivity contribution in [1.29, 1.82) is 0 Å². The second-order valence-electron chi connectivity index (χ2n) is 5.93. The average Bonchev–Trinajstić information content (AvgIpc) is 3.06. The third kappa shape index (κ3) is 4.57. The Morgan fingerprint density at radius 1 is 1.24 bits per heavy atom. The number of morpholine rings is 1. The second kappa shape index (κ2) is 6.17. The van der Waals surface area contributed by atoms with Crippen LogP contribution in [0.25, 0.3) is 0 Å². The second-order valence-corrected chi connectivity index (χ2v) is 5.93. The summed E-state index contributed by atoms with van der Waals surface area (Å²) in [6.07, 6.45) is 6.19. The molecule has 1 aliphatic heterocycles. The Bertz CT molecular complexity index is 220. The smallest absolute Gasteiger partial charge is 0.0678 e. The van der Waals surface area contributed by atoms with Crippen LogP contribution in [0.15, 0.2) is 0 Å². The molecule has 3 unspecified atom stereocenters. The summed E-state index contributed by atoms with van der Waals surface area (Å²) < 4.78 is 5.78. The van der Waals surface area contributed by atoms with Crippen LogP contribution in [0.5, 0.6) is 0 Å². The number of hydrogen-bond donors (Lipinski definition) is 1. The van der Waals surface area contributed by atoms with E-state index in [4.69, 9.17) is 4.74 Å². The van der Waals surface area contributed by atoms with Crippen LogP contribution >= 0.6 is 0 Å². The van der Waals surface area contributed by atoms with Crippen molar-refractivity contribution in [3.8, 4) is 0 Å². The standard InChI is InChI=1S/C14H28N2O/c1-11(5-4-8-15-14-6-7-14)16-9-12(2)17-13(3)10-16/h11-15H,4-10H2,1-3H3. The van der Waals surface area contributed by atoms with Gasteiger partial charge in [-0.2, -0.15) is 0 Å². The van der Waals surface area contributed by atoms with Crippen LogP contribution in [-0.2, 0) is 4.74 Å². The van der Waals surface area contributed by atoms with Crippen LogP contribution in [0, 0.1) is 0 Å². The van der Waals surface area contributed by atoms with E-state index < -0.39 is 0 Å². The minimum absolute atomic E-state index is 0.394. The summed E-state index contributed by atoms with van der Waals surface area (Å²) in [5.74, 6) is 0. The van der Waals surface area contributed by atoms with E-state index in [1.165, 1.54) is 32.2 Å². The van der Waals surface area contributed by atoms with Gasteiger partial charge in [0.2, 0.25) is 0 Å². The first-order chi connectivity index (χ1) is 8.15. The van der Waals surface area contributed by atoms with Gasteiger partial charge in [0.1, 0.15) is 0 Å². The molecule has 17 heavy (non-hydrogen) atoms. The molecule has 0 aromatic rings. The van der Waals surface area contributed by atoms with E-state index in [0.29, 0.717) is 18.2 Å². The van der Waals surface area contributed by atoms with Crippen LogP contribution in [0.3, 0.4) is 0 Å². The highest BCUT2D eigenvalue weighted by atomic mass is 16.5. The first-order valence-corrected chi connectivity index (χ1v) is 7.28. The van der Waals surface area contributed by atoms with Crippen LogP contribution in [0.1, 0.15) is 46.5 Å². The zero-order valence-electron chi connectivity index (χ0n) is 11.6. The van der Waals surface area contributed by atoms with Gasteiger partial charge in [-0.1, -0.05) is 0 Å². The van der Waals surface area contributed by atoms with Crippen molar-refractivity contribution in [2.75, 3.05) is 19.6 Å². The van der Waals surface area contributed by atoms with Crippen molar-refractivity contribution in [3.63, 3.8) is 0 Å². The molecule has 1 saturated carbocycles. The van der Waals surface area contributed by atoms with Crippen molar-refractivity contribution in [2.24, 2.45) is 0 Å². The lowest BCUT2D eigenvalue weighted by Crippen LogP contribution is -2.49. The summed E-state index contributed by atoms with van der Waals surface area (Å²) in [4.78, 5) is 2.59. The van der Waals surface area contributed by atoms with E-state index in [-0.39, 0.29) is 0 Å². The van der Waals surface area contributed by atoms with Crippen LogP contribution < -0.4 is 5.32 Å². The molecular weight excluding hydrogens is 212 g/mol. The third-order valence-electron chi connectivity index (χ3n) is 3.88. The molecule has 1 aliphatic carbocycles. The first-order valence-electron chi connectivity index (χ1n) is 7.28. The molecule has 0 spiro atoms. The largest absolute Gasteiger partial charge is 0.373 e. The van der Waals surface area contributed by atoms with Crippen molar-refractivity contribution >= 4 is 0 Å². The van der Waals surface area contributed by atoms with E-state index in [2.05, 4.69) is 31.0 Å². The van der Waals surface area contributed by atoms with Gasteiger partial charge in [0.15, 0.2) is 0 Å². The predicted molar refractivity (Wildman–Crippen MR) is 71.3 cm³/mol. The SMILES string of the molecule is CC1CN(C(C)CCCNC2CC2)CC(C)O1. The van der Waals surface area contributed by atoms with Gasteiger partial charge in [0.05, 0.1) is 12.2 Å². The number of rotatable bonds is 6. The molecule has 2 fully saturated rings. The van der Waals surface area contributed by atoms with Gasteiger partial charge in [-0.15, -0.1) is 0 Å².